The summed E-state index contributed by atoms with van der Waals surface area (Å²) in [6, 6.07) is 11.7. The summed E-state index contributed by atoms with van der Waals surface area (Å²) < 4.78 is 43.4. The van der Waals surface area contributed by atoms with Crippen molar-refractivity contribution in [1.29, 1.82) is 0 Å². The van der Waals surface area contributed by atoms with Gasteiger partial charge in [-0.25, -0.2) is 13.1 Å². The van der Waals surface area contributed by atoms with Crippen molar-refractivity contribution in [3.8, 4) is 5.75 Å². The number of ether oxygens (including phenoxy) is 2. The van der Waals surface area contributed by atoms with Crippen LogP contribution in [0.4, 0.5) is 5.69 Å². The Balaban J connectivity index is 1.35. The van der Waals surface area contributed by atoms with Gasteiger partial charge in [-0.1, -0.05) is 37.9 Å². The summed E-state index contributed by atoms with van der Waals surface area (Å²) in [6.45, 7) is 8.23. The lowest BCUT2D eigenvalue weighted by Crippen LogP contribution is -2.62. The van der Waals surface area contributed by atoms with Crippen LogP contribution in [0.5, 0.6) is 5.75 Å². The quantitative estimate of drug-likeness (QED) is 0.331. The second-order valence-corrected chi connectivity index (χ2v) is 20.8. The first-order valence-electron chi connectivity index (χ1n) is 18.0. The average molecular weight is 747 g/mol. The van der Waals surface area contributed by atoms with E-state index in [1.165, 1.54) is 17.5 Å². The highest BCUT2D eigenvalue weighted by Crippen LogP contribution is 2.60. The number of thioether (sulfide) groups is 2. The molecule has 1 amide bonds. The fourth-order valence-electron chi connectivity index (χ4n) is 9.56. The van der Waals surface area contributed by atoms with Crippen LogP contribution in [0.2, 0.25) is 5.02 Å². The van der Waals surface area contributed by atoms with Crippen molar-refractivity contribution in [2.75, 3.05) is 43.2 Å². The van der Waals surface area contributed by atoms with Gasteiger partial charge in [-0.15, -0.1) is 23.5 Å². The third-order valence-electron chi connectivity index (χ3n) is 12.6. The van der Waals surface area contributed by atoms with E-state index in [1.807, 2.05) is 32.2 Å². The first-order valence-corrected chi connectivity index (χ1v) is 22.1. The van der Waals surface area contributed by atoms with Gasteiger partial charge in [0.25, 0.3) is 5.91 Å². The molecule has 1 unspecified atom stereocenters. The highest BCUT2D eigenvalue weighted by molar-refractivity contribution is 8.17. The maximum atomic E-state index is 13.6. The first-order chi connectivity index (χ1) is 23.4. The molecule has 11 heteroatoms. The molecule has 0 aromatic heterocycles. The molecule has 7 rings (SSSR count). The minimum atomic E-state index is -3.90. The number of hydrogen-bond acceptors (Lipinski definition) is 8. The number of anilines is 1. The molecule has 1 saturated carbocycles. The summed E-state index contributed by atoms with van der Waals surface area (Å²) in [5, 5.41) is 0.0428. The molecule has 7 nitrogen and oxygen atoms in total. The Labute approximate surface area is 306 Å². The van der Waals surface area contributed by atoms with Gasteiger partial charge < -0.3 is 14.4 Å². The van der Waals surface area contributed by atoms with Gasteiger partial charge in [-0.3, -0.25) is 4.79 Å². The molecule has 49 heavy (non-hydrogen) atoms. The molecule has 1 saturated heterocycles. The minimum absolute atomic E-state index is 0.0353. The molecule has 1 spiro atoms. The Morgan fingerprint density at radius 3 is 2.53 bits per heavy atom. The zero-order valence-electron chi connectivity index (χ0n) is 29.3. The van der Waals surface area contributed by atoms with Crippen LogP contribution in [0, 0.1) is 17.3 Å². The van der Waals surface area contributed by atoms with Crippen molar-refractivity contribution in [2.45, 2.75) is 99.4 Å². The Bertz CT molecular complexity index is 1690. The van der Waals surface area contributed by atoms with E-state index >= 15 is 0 Å². The number of halogens is 1. The van der Waals surface area contributed by atoms with Crippen LogP contribution in [-0.2, 0) is 26.6 Å². The number of carbonyl (C=O) groups excluding carboxylic acids is 1. The third-order valence-corrected chi connectivity index (χ3v) is 18.1. The molecular formula is C38H51ClN2O5S3. The van der Waals surface area contributed by atoms with Crippen LogP contribution < -0.4 is 14.4 Å². The summed E-state index contributed by atoms with van der Waals surface area (Å²) in [5.74, 6) is 2.64. The van der Waals surface area contributed by atoms with Gasteiger partial charge in [0.15, 0.2) is 0 Å². The van der Waals surface area contributed by atoms with E-state index < -0.39 is 21.2 Å². The van der Waals surface area contributed by atoms with Crippen molar-refractivity contribution in [3.05, 3.63) is 58.1 Å². The van der Waals surface area contributed by atoms with E-state index in [-0.39, 0.29) is 22.3 Å². The topological polar surface area (TPSA) is 84.9 Å². The smallest absolute Gasteiger partial charge is 0.264 e. The fourth-order valence-corrected chi connectivity index (χ4v) is 14.6. The van der Waals surface area contributed by atoms with Crippen molar-refractivity contribution in [2.24, 2.45) is 17.3 Å². The number of carbonyl (C=O) groups is 1. The van der Waals surface area contributed by atoms with Crippen molar-refractivity contribution in [1.82, 2.24) is 4.72 Å². The van der Waals surface area contributed by atoms with Crippen LogP contribution in [0.15, 0.2) is 36.4 Å². The highest BCUT2D eigenvalue weighted by atomic mass is 35.5. The third kappa shape index (κ3) is 6.53. The van der Waals surface area contributed by atoms with E-state index in [2.05, 4.69) is 52.2 Å². The standard InChI is InChI=1S/C38H51ClN2O5S3/c1-25-8-5-16-38(45-4,35-47-18-7-19-48-35)33-14-17-36(33,3)22-41-23-37(15-6-9-27-20-29(39)11-12-30(27)37)24-46-32-13-10-28(21-31(32)41)34(42)40-49(43,44)26(25)2/h10-13,20-21,25-26,33,35H,5-9,14-19,22-24H2,1-4H3,(H,40,42)/t25-,26+,33+,36?,37-,38+/m0/s1. The van der Waals surface area contributed by atoms with Gasteiger partial charge in [0.05, 0.1) is 27.7 Å². The average Bonchev–Trinajstić information content (AvgIpc) is 3.23. The summed E-state index contributed by atoms with van der Waals surface area (Å²) in [5.41, 5.74) is 3.15. The van der Waals surface area contributed by atoms with Crippen molar-refractivity contribution < 1.29 is 22.7 Å². The SMILES string of the molecule is CO[C@]1(C2SCCCS2)CCC[C@H](C)[C@@H](C)S(=O)(=O)NC(=O)c2ccc3c(c2)N(CC2(C)CC[C@H]21)C[C@@]1(CCCc2cc(Cl)ccc21)CO3. The van der Waals surface area contributed by atoms with Gasteiger partial charge in [0.1, 0.15) is 5.75 Å². The van der Waals surface area contributed by atoms with Crippen molar-refractivity contribution in [3.63, 3.8) is 0 Å². The predicted molar refractivity (Wildman–Crippen MR) is 203 cm³/mol. The molecule has 6 atom stereocenters. The predicted octanol–water partition coefficient (Wildman–Crippen LogP) is 8.08. The maximum Gasteiger partial charge on any atom is 0.264 e. The summed E-state index contributed by atoms with van der Waals surface area (Å²) in [4.78, 5) is 16.1. The van der Waals surface area contributed by atoms with Crippen molar-refractivity contribution >= 4 is 56.7 Å². The Morgan fingerprint density at radius 2 is 1.80 bits per heavy atom. The Kier molecular flexibility index (Phi) is 10.0. The zero-order valence-corrected chi connectivity index (χ0v) is 32.5. The molecule has 2 fully saturated rings. The summed E-state index contributed by atoms with van der Waals surface area (Å²) >= 11 is 10.6. The van der Waals surface area contributed by atoms with Crippen LogP contribution in [0.3, 0.4) is 0 Å². The van der Waals surface area contributed by atoms with Crippen LogP contribution in [0.1, 0.15) is 93.6 Å². The minimum Gasteiger partial charge on any atom is -0.490 e. The molecular weight excluding hydrogens is 696 g/mol. The molecule has 0 radical (unpaired) electrons. The van der Waals surface area contributed by atoms with Crippen LogP contribution >= 0.6 is 35.1 Å². The number of rotatable bonds is 2. The van der Waals surface area contributed by atoms with E-state index in [0.29, 0.717) is 22.7 Å². The van der Waals surface area contributed by atoms with Gasteiger partial charge in [-0.05, 0) is 129 Å². The lowest BCUT2D eigenvalue weighted by molar-refractivity contribution is -0.139. The molecule has 1 N–H and O–H groups in total. The molecule has 2 bridgehead atoms. The summed E-state index contributed by atoms with van der Waals surface area (Å²) in [7, 11) is -1.99. The summed E-state index contributed by atoms with van der Waals surface area (Å²) in [6.07, 6.45) is 8.96. The van der Waals surface area contributed by atoms with Crippen LogP contribution in [0.25, 0.3) is 0 Å². The fraction of sp³-hybridized carbons (Fsp3) is 0.658. The molecule has 2 aliphatic carbocycles. The van der Waals surface area contributed by atoms with Gasteiger partial charge in [-0.2, -0.15) is 0 Å². The number of methoxy groups -OCH3 is 1. The first kappa shape index (κ1) is 35.8. The maximum absolute atomic E-state index is 13.6. The normalized spacial score (nSPS) is 35.2. The number of amides is 1. The van der Waals surface area contributed by atoms with E-state index in [9.17, 15) is 13.2 Å². The molecule has 268 valence electrons. The van der Waals surface area contributed by atoms with Gasteiger partial charge >= 0.3 is 0 Å². The van der Waals surface area contributed by atoms with Gasteiger partial charge in [0.2, 0.25) is 10.0 Å². The number of nitrogens with one attached hydrogen (secondary N) is 1. The highest BCUT2D eigenvalue weighted by Gasteiger charge is 2.59. The van der Waals surface area contributed by atoms with Gasteiger partial charge in [0, 0.05) is 36.2 Å². The van der Waals surface area contributed by atoms with E-state index in [0.717, 1.165) is 92.4 Å². The largest absolute Gasteiger partial charge is 0.490 e. The molecule has 3 heterocycles. The monoisotopic (exact) mass is 746 g/mol. The van der Waals surface area contributed by atoms with Crippen LogP contribution in [-0.4, -0.2) is 68.1 Å². The second-order valence-electron chi connectivity index (χ2n) is 15.6. The molecule has 3 aliphatic heterocycles. The zero-order chi connectivity index (χ0) is 34.6. The van der Waals surface area contributed by atoms with E-state index in [1.54, 1.807) is 13.0 Å². The van der Waals surface area contributed by atoms with E-state index in [4.69, 9.17) is 21.1 Å². The second kappa shape index (κ2) is 13.8. The molecule has 5 aliphatic rings. The molecule has 2 aromatic carbocycles. The molecule has 2 aromatic rings. The lowest BCUT2D eigenvalue weighted by atomic mass is 9.54. The number of fused-ring (bicyclic) bond motifs is 4. The number of hydrogen-bond donors (Lipinski definition) is 1. The Hall–Kier alpha value is -1.59. The number of sulfonamides is 1. The lowest BCUT2D eigenvalue weighted by Gasteiger charge is -2.60. The Morgan fingerprint density at radius 1 is 1.00 bits per heavy atom. The number of benzene rings is 2. The number of nitrogens with zero attached hydrogens (tertiary/aromatic N) is 1. The number of aryl methyl sites for hydroxylation is 1.